The Kier molecular flexibility index (Phi) is 57.0. The molecule has 0 radical (unpaired) electrons. The highest BCUT2D eigenvalue weighted by Gasteiger charge is 2.44. The van der Waals surface area contributed by atoms with Crippen LogP contribution in [0.4, 0.5) is 0 Å². The van der Waals surface area contributed by atoms with Crippen LogP contribution in [0.25, 0.3) is 0 Å². The third-order valence-corrected chi connectivity index (χ3v) is 16.4. The van der Waals surface area contributed by atoms with E-state index in [2.05, 4.69) is 79.9 Å². The van der Waals surface area contributed by atoms with E-state index < -0.39 is 49.5 Å². The number of allylic oxidation sites excluding steroid dienone is 10. The second-order valence-corrected chi connectivity index (χ2v) is 23.9. The van der Waals surface area contributed by atoms with Crippen LogP contribution in [0.2, 0.25) is 0 Å². The van der Waals surface area contributed by atoms with Gasteiger partial charge in [0.25, 0.3) is 0 Å². The fourth-order valence-corrected chi connectivity index (χ4v) is 11.0. The number of ether oxygens (including phenoxy) is 2. The number of carbonyl (C=O) groups excluding carboxylic acids is 1. The molecule has 1 fully saturated rings. The van der Waals surface area contributed by atoms with Crippen molar-refractivity contribution in [1.29, 1.82) is 0 Å². The van der Waals surface area contributed by atoms with Gasteiger partial charge in [0.2, 0.25) is 5.91 Å². The summed E-state index contributed by atoms with van der Waals surface area (Å²) in [5.41, 5.74) is 0. The Morgan fingerprint density at radius 1 is 0.438 bits per heavy atom. The highest BCUT2D eigenvalue weighted by Crippen LogP contribution is 2.24. The molecule has 6 N–H and O–H groups in total. The van der Waals surface area contributed by atoms with Crippen molar-refractivity contribution < 1.29 is 39.8 Å². The lowest BCUT2D eigenvalue weighted by atomic mass is 9.99. The largest absolute Gasteiger partial charge is 0.394 e. The van der Waals surface area contributed by atoms with E-state index in [1.807, 2.05) is 0 Å². The lowest BCUT2D eigenvalue weighted by molar-refractivity contribution is -0.302. The average molecular weight is 1130 g/mol. The van der Waals surface area contributed by atoms with Crippen LogP contribution in [-0.2, 0) is 14.3 Å². The van der Waals surface area contributed by atoms with Crippen LogP contribution in [0.15, 0.2) is 60.8 Å². The van der Waals surface area contributed by atoms with Crippen LogP contribution in [0.3, 0.4) is 0 Å². The molecule has 0 aromatic heterocycles. The topological polar surface area (TPSA) is 149 Å². The van der Waals surface area contributed by atoms with Gasteiger partial charge in [-0.25, -0.2) is 0 Å². The lowest BCUT2D eigenvalue weighted by Crippen LogP contribution is -2.60. The maximum Gasteiger partial charge on any atom is 0.220 e. The SMILES string of the molecule is CC/C=C\C/C=C\C/C=C\C/C=C\C/C=C\CCCCCCCCCCCCCCCCCCCCCCCCCCCC(=O)NC(COC1OC(CO)C(O)C(O)C1O)C(O)CCCCCCCCCCCCCCCCCC. The molecule has 1 saturated heterocycles. The molecule has 80 heavy (non-hydrogen) atoms. The van der Waals surface area contributed by atoms with Gasteiger partial charge < -0.3 is 40.3 Å². The third-order valence-electron chi connectivity index (χ3n) is 16.4. The fraction of sp³-hybridized carbons (Fsp3) is 0.845. The van der Waals surface area contributed by atoms with Crippen molar-refractivity contribution in [2.24, 2.45) is 0 Å². The van der Waals surface area contributed by atoms with Crippen molar-refractivity contribution in [3.05, 3.63) is 60.8 Å². The molecule has 7 atom stereocenters. The zero-order valence-corrected chi connectivity index (χ0v) is 52.3. The summed E-state index contributed by atoms with van der Waals surface area (Å²) in [5, 5.41) is 54.8. The molecule has 1 aliphatic rings. The predicted octanol–water partition coefficient (Wildman–Crippen LogP) is 18.6. The molecular formula is C71H131NO8. The minimum Gasteiger partial charge on any atom is -0.394 e. The number of nitrogens with one attached hydrogen (secondary N) is 1. The lowest BCUT2D eigenvalue weighted by Gasteiger charge is -2.40. The van der Waals surface area contributed by atoms with E-state index in [0.717, 1.165) is 70.6 Å². The molecule has 0 spiro atoms. The summed E-state index contributed by atoms with van der Waals surface area (Å²) in [6, 6.07) is -0.718. The van der Waals surface area contributed by atoms with Crippen LogP contribution in [-0.4, -0.2) is 87.5 Å². The van der Waals surface area contributed by atoms with Gasteiger partial charge in [-0.05, 0) is 57.8 Å². The number of amides is 1. The van der Waals surface area contributed by atoms with Crippen molar-refractivity contribution in [2.45, 2.75) is 371 Å². The Labute approximate surface area is 494 Å². The van der Waals surface area contributed by atoms with Crippen LogP contribution in [0.5, 0.6) is 0 Å². The number of aliphatic hydroxyl groups is 5. The Hall–Kier alpha value is -2.11. The third kappa shape index (κ3) is 48.3. The van der Waals surface area contributed by atoms with Crippen molar-refractivity contribution >= 4 is 5.91 Å². The van der Waals surface area contributed by atoms with Gasteiger partial charge in [0.05, 0.1) is 25.4 Å². The molecule has 1 rings (SSSR count). The summed E-state index contributed by atoms with van der Waals surface area (Å²) in [6.07, 6.45) is 75.8. The molecule has 1 aliphatic heterocycles. The van der Waals surface area contributed by atoms with Crippen LogP contribution < -0.4 is 5.32 Å². The van der Waals surface area contributed by atoms with Gasteiger partial charge in [-0.1, -0.05) is 325 Å². The van der Waals surface area contributed by atoms with Crippen LogP contribution in [0, 0.1) is 0 Å². The van der Waals surface area contributed by atoms with E-state index in [1.165, 1.54) is 231 Å². The highest BCUT2D eigenvalue weighted by molar-refractivity contribution is 5.76. The summed E-state index contributed by atoms with van der Waals surface area (Å²) in [4.78, 5) is 13.1. The Morgan fingerprint density at radius 3 is 1.15 bits per heavy atom. The maximum atomic E-state index is 13.1. The molecule has 9 heteroatoms. The smallest absolute Gasteiger partial charge is 0.220 e. The van der Waals surface area contributed by atoms with Crippen molar-refractivity contribution in [3.63, 3.8) is 0 Å². The van der Waals surface area contributed by atoms with Gasteiger partial charge in [0.15, 0.2) is 6.29 Å². The minimum atomic E-state index is -1.55. The second-order valence-electron chi connectivity index (χ2n) is 23.9. The molecule has 468 valence electrons. The molecule has 1 amide bonds. The van der Waals surface area contributed by atoms with E-state index in [9.17, 15) is 30.3 Å². The molecule has 9 nitrogen and oxygen atoms in total. The van der Waals surface area contributed by atoms with Gasteiger partial charge in [0.1, 0.15) is 24.4 Å². The second kappa shape index (κ2) is 60.0. The molecule has 0 bridgehead atoms. The van der Waals surface area contributed by atoms with Gasteiger partial charge in [-0.2, -0.15) is 0 Å². The van der Waals surface area contributed by atoms with Crippen LogP contribution in [0.1, 0.15) is 328 Å². The van der Waals surface area contributed by atoms with Gasteiger partial charge >= 0.3 is 0 Å². The molecule has 7 unspecified atom stereocenters. The zero-order chi connectivity index (χ0) is 57.9. The molecule has 1 heterocycles. The molecule has 0 saturated carbocycles. The van der Waals surface area contributed by atoms with E-state index in [4.69, 9.17) is 9.47 Å². The van der Waals surface area contributed by atoms with E-state index in [0.29, 0.717) is 12.8 Å². The average Bonchev–Trinajstić information content (AvgIpc) is 3.46. The Bertz CT molecular complexity index is 1450. The number of unbranched alkanes of at least 4 members (excludes halogenated alkanes) is 40. The highest BCUT2D eigenvalue weighted by atomic mass is 16.7. The standard InChI is InChI=1S/C71H131NO8/c1-3-5-7-9-11-13-15-17-19-21-22-23-24-25-26-27-28-29-30-31-32-33-34-35-36-37-38-39-40-41-42-43-44-45-47-49-51-53-55-57-59-61-67(75)72-64(63-79-71-70(78)69(77)68(76)66(62-73)80-71)65(74)60-58-56-54-52-50-48-46-20-18-16-14-12-10-8-6-4-2/h5,7,11,13,17,19,22-23,25-26,64-66,68-71,73-74,76-78H,3-4,6,8-10,12,14-16,18,20-21,24,27-63H2,1-2H3,(H,72,75)/b7-5-,13-11-,19-17-,23-22-,26-25-. The number of hydrogen-bond donors (Lipinski definition) is 6. The summed E-state index contributed by atoms with van der Waals surface area (Å²) >= 11 is 0. The summed E-state index contributed by atoms with van der Waals surface area (Å²) in [6.45, 7) is 3.76. The first-order valence-electron chi connectivity index (χ1n) is 34.5. The summed E-state index contributed by atoms with van der Waals surface area (Å²) < 4.78 is 11.3. The normalized spacial score (nSPS) is 18.8. The van der Waals surface area contributed by atoms with Crippen molar-refractivity contribution in [3.8, 4) is 0 Å². The monoisotopic (exact) mass is 1130 g/mol. The van der Waals surface area contributed by atoms with Gasteiger partial charge in [0, 0.05) is 6.42 Å². The number of carbonyl (C=O) groups is 1. The predicted molar refractivity (Wildman–Crippen MR) is 341 cm³/mol. The first kappa shape index (κ1) is 75.9. The Morgan fingerprint density at radius 2 is 0.775 bits per heavy atom. The molecule has 0 aromatic carbocycles. The van der Waals surface area contributed by atoms with Crippen molar-refractivity contribution in [2.75, 3.05) is 13.2 Å². The summed E-state index contributed by atoms with van der Waals surface area (Å²) in [5.74, 6) is -0.138. The van der Waals surface area contributed by atoms with Gasteiger partial charge in [-0.15, -0.1) is 0 Å². The molecule has 0 aliphatic carbocycles. The fourth-order valence-electron chi connectivity index (χ4n) is 11.0. The zero-order valence-electron chi connectivity index (χ0n) is 52.3. The Balaban J connectivity index is 2.02. The van der Waals surface area contributed by atoms with Crippen molar-refractivity contribution in [1.82, 2.24) is 5.32 Å². The van der Waals surface area contributed by atoms with E-state index in [-0.39, 0.29) is 12.5 Å². The molecular weight excluding hydrogens is 995 g/mol. The maximum absolute atomic E-state index is 13.1. The molecule has 0 aromatic rings. The first-order valence-corrected chi connectivity index (χ1v) is 34.5. The summed E-state index contributed by atoms with van der Waals surface area (Å²) in [7, 11) is 0. The number of aliphatic hydroxyl groups excluding tert-OH is 5. The van der Waals surface area contributed by atoms with Crippen LogP contribution >= 0.6 is 0 Å². The number of hydrogen-bond acceptors (Lipinski definition) is 8. The van der Waals surface area contributed by atoms with Gasteiger partial charge in [-0.3, -0.25) is 4.79 Å². The minimum absolute atomic E-state index is 0.134. The van der Waals surface area contributed by atoms with E-state index in [1.54, 1.807) is 0 Å². The number of rotatable bonds is 60. The van der Waals surface area contributed by atoms with E-state index >= 15 is 0 Å². The quantitative estimate of drug-likeness (QED) is 0.0261. The first-order chi connectivity index (χ1) is 39.3.